The number of hydrogen-bond donors (Lipinski definition) is 0. The van der Waals surface area contributed by atoms with Crippen molar-refractivity contribution in [3.8, 4) is 0 Å². The van der Waals surface area contributed by atoms with Crippen LogP contribution in [0, 0.1) is 5.41 Å². The minimum absolute atomic E-state index is 0.405. The van der Waals surface area contributed by atoms with Crippen LogP contribution >= 0.6 is 0 Å². The molecule has 0 aromatic rings. The van der Waals surface area contributed by atoms with Crippen molar-refractivity contribution >= 4 is 0 Å². The lowest BCUT2D eigenvalue weighted by atomic mass is 9.90. The Morgan fingerprint density at radius 1 is 1.12 bits per heavy atom. The molecule has 1 saturated heterocycles. The monoisotopic (exact) mass is 223 g/mol. The predicted molar refractivity (Wildman–Crippen MR) is 72.7 cm³/mol. The van der Waals surface area contributed by atoms with Crippen molar-refractivity contribution in [2.75, 3.05) is 6.54 Å². The van der Waals surface area contributed by atoms with Crippen molar-refractivity contribution in [1.82, 2.24) is 4.90 Å². The smallest absolute Gasteiger partial charge is 0.0440 e. The number of hydrogen-bond acceptors (Lipinski definition) is 1. The molecule has 16 heavy (non-hydrogen) atoms. The average Bonchev–Trinajstić information content (AvgIpc) is 2.90. The van der Waals surface area contributed by atoms with E-state index < -0.39 is 0 Å². The van der Waals surface area contributed by atoms with E-state index in [1.807, 2.05) is 0 Å². The molecule has 0 amide bonds. The van der Waals surface area contributed by atoms with E-state index in [-0.39, 0.29) is 0 Å². The Kier molecular flexibility index (Phi) is 5.04. The van der Waals surface area contributed by atoms with Gasteiger partial charge in [-0.3, -0.25) is 4.90 Å². The Hall–Kier alpha value is -0.300. The third-order valence-corrected chi connectivity index (χ3v) is 3.62. The summed E-state index contributed by atoms with van der Waals surface area (Å²) in [6.07, 6.45) is 9.02. The van der Waals surface area contributed by atoms with Gasteiger partial charge in [0, 0.05) is 12.1 Å². The van der Waals surface area contributed by atoms with Gasteiger partial charge in [-0.05, 0) is 18.4 Å². The highest BCUT2D eigenvalue weighted by molar-refractivity contribution is 5.15. The third kappa shape index (κ3) is 3.62. The molecule has 94 valence electrons. The standard InChI is InChI=1S/C15H29N/c1-6-8-9-10-11-12-16-13(7-2)14(16)15(3,4)5/h7,13-14H,2,6,8-12H2,1,3-5H3/t13-,14-,16?/m0/s1. The zero-order valence-corrected chi connectivity index (χ0v) is 11.6. The molecule has 1 unspecified atom stereocenters. The lowest BCUT2D eigenvalue weighted by Gasteiger charge is -2.18. The summed E-state index contributed by atoms with van der Waals surface area (Å²) in [4.78, 5) is 2.61. The van der Waals surface area contributed by atoms with Crippen molar-refractivity contribution in [3.63, 3.8) is 0 Å². The van der Waals surface area contributed by atoms with Gasteiger partial charge in [-0.25, -0.2) is 0 Å². The molecule has 0 aromatic carbocycles. The topological polar surface area (TPSA) is 3.01 Å². The second-order valence-corrected chi connectivity index (χ2v) is 6.19. The van der Waals surface area contributed by atoms with E-state index in [2.05, 4.69) is 45.2 Å². The fraction of sp³-hybridized carbons (Fsp3) is 0.867. The summed E-state index contributed by atoms with van der Waals surface area (Å²) in [5.74, 6) is 0. The van der Waals surface area contributed by atoms with Crippen LogP contribution in [0.25, 0.3) is 0 Å². The van der Waals surface area contributed by atoms with Gasteiger partial charge in [-0.2, -0.15) is 0 Å². The fourth-order valence-electron chi connectivity index (χ4n) is 2.76. The van der Waals surface area contributed by atoms with Crippen LogP contribution in [0.15, 0.2) is 12.7 Å². The molecule has 1 heteroatoms. The quantitative estimate of drug-likeness (QED) is 0.354. The van der Waals surface area contributed by atoms with E-state index in [1.165, 1.54) is 38.6 Å². The van der Waals surface area contributed by atoms with Crippen LogP contribution in [0.5, 0.6) is 0 Å². The summed E-state index contributed by atoms with van der Waals surface area (Å²) in [6, 6.07) is 1.38. The molecule has 0 spiro atoms. The van der Waals surface area contributed by atoms with Gasteiger partial charge in [0.1, 0.15) is 0 Å². The molecule has 1 aliphatic rings. The summed E-state index contributed by atoms with van der Waals surface area (Å²) in [6.45, 7) is 14.5. The van der Waals surface area contributed by atoms with Gasteiger partial charge in [0.05, 0.1) is 0 Å². The molecule has 1 rings (SSSR count). The highest BCUT2D eigenvalue weighted by atomic mass is 15.4. The number of unbranched alkanes of at least 4 members (excludes halogenated alkanes) is 4. The summed E-state index contributed by atoms with van der Waals surface area (Å²) in [5, 5.41) is 0. The average molecular weight is 223 g/mol. The van der Waals surface area contributed by atoms with E-state index in [4.69, 9.17) is 0 Å². The molecule has 1 nitrogen and oxygen atoms in total. The molecular formula is C15H29N. The molecule has 3 atom stereocenters. The third-order valence-electron chi connectivity index (χ3n) is 3.62. The van der Waals surface area contributed by atoms with Crippen molar-refractivity contribution in [2.24, 2.45) is 5.41 Å². The van der Waals surface area contributed by atoms with Gasteiger partial charge in [-0.1, -0.05) is 59.5 Å². The normalized spacial score (nSPS) is 29.1. The molecule has 1 heterocycles. The maximum atomic E-state index is 3.95. The second kappa shape index (κ2) is 5.86. The van der Waals surface area contributed by atoms with Crippen LogP contribution in [0.2, 0.25) is 0 Å². The van der Waals surface area contributed by atoms with Gasteiger partial charge in [-0.15, -0.1) is 6.58 Å². The van der Waals surface area contributed by atoms with Crippen LogP contribution in [0.3, 0.4) is 0 Å². The van der Waals surface area contributed by atoms with E-state index >= 15 is 0 Å². The first-order valence-electron chi connectivity index (χ1n) is 6.90. The summed E-state index contributed by atoms with van der Waals surface area (Å²) < 4.78 is 0. The van der Waals surface area contributed by atoms with E-state index in [0.717, 1.165) is 6.04 Å². The highest BCUT2D eigenvalue weighted by Gasteiger charge is 2.51. The second-order valence-electron chi connectivity index (χ2n) is 6.19. The molecule has 0 saturated carbocycles. The van der Waals surface area contributed by atoms with Crippen LogP contribution in [0.1, 0.15) is 59.8 Å². The van der Waals surface area contributed by atoms with Crippen molar-refractivity contribution < 1.29 is 0 Å². The SMILES string of the molecule is C=C[C@H]1[C@@H](C(C)(C)C)N1CCCCCCC. The van der Waals surface area contributed by atoms with Crippen LogP contribution in [-0.2, 0) is 0 Å². The van der Waals surface area contributed by atoms with Gasteiger partial charge in [0.2, 0.25) is 0 Å². The largest absolute Gasteiger partial charge is 0.290 e. The molecule has 0 aromatic heterocycles. The molecule has 1 aliphatic heterocycles. The van der Waals surface area contributed by atoms with E-state index in [1.54, 1.807) is 0 Å². The Morgan fingerprint density at radius 3 is 2.19 bits per heavy atom. The van der Waals surface area contributed by atoms with Crippen LogP contribution in [0.4, 0.5) is 0 Å². The highest BCUT2D eigenvalue weighted by Crippen LogP contribution is 2.42. The lowest BCUT2D eigenvalue weighted by molar-refractivity contribution is 0.323. The Morgan fingerprint density at radius 2 is 1.75 bits per heavy atom. The summed E-state index contributed by atoms with van der Waals surface area (Å²) in [5.41, 5.74) is 0.405. The van der Waals surface area contributed by atoms with Crippen molar-refractivity contribution in [2.45, 2.75) is 71.9 Å². The van der Waals surface area contributed by atoms with Crippen molar-refractivity contribution in [1.29, 1.82) is 0 Å². The summed E-state index contributed by atoms with van der Waals surface area (Å²) >= 11 is 0. The Balaban J connectivity index is 2.20. The maximum absolute atomic E-state index is 3.95. The molecule has 0 bridgehead atoms. The van der Waals surface area contributed by atoms with Crippen LogP contribution < -0.4 is 0 Å². The first-order valence-corrected chi connectivity index (χ1v) is 6.90. The minimum atomic E-state index is 0.405. The van der Waals surface area contributed by atoms with Crippen molar-refractivity contribution in [3.05, 3.63) is 12.7 Å². The molecule has 0 aliphatic carbocycles. The van der Waals surface area contributed by atoms with Crippen LogP contribution in [-0.4, -0.2) is 23.5 Å². The molecule has 1 fully saturated rings. The first kappa shape index (κ1) is 13.8. The Bertz CT molecular complexity index is 214. The zero-order chi connectivity index (χ0) is 12.2. The van der Waals surface area contributed by atoms with Gasteiger partial charge in [0.15, 0.2) is 0 Å². The number of rotatable bonds is 7. The minimum Gasteiger partial charge on any atom is -0.290 e. The predicted octanol–water partition coefficient (Wildman–Crippen LogP) is 4.24. The Labute approximate surface area is 102 Å². The summed E-state index contributed by atoms with van der Waals surface area (Å²) in [7, 11) is 0. The van der Waals surface area contributed by atoms with Gasteiger partial charge < -0.3 is 0 Å². The van der Waals surface area contributed by atoms with Gasteiger partial charge >= 0.3 is 0 Å². The van der Waals surface area contributed by atoms with E-state index in [0.29, 0.717) is 11.5 Å². The molecule has 0 N–H and O–H groups in total. The number of nitrogens with zero attached hydrogens (tertiary/aromatic N) is 1. The fourth-order valence-corrected chi connectivity index (χ4v) is 2.76. The molecule has 0 radical (unpaired) electrons. The van der Waals surface area contributed by atoms with Gasteiger partial charge in [0.25, 0.3) is 0 Å². The zero-order valence-electron chi connectivity index (χ0n) is 11.6. The molecular weight excluding hydrogens is 194 g/mol. The lowest BCUT2D eigenvalue weighted by Crippen LogP contribution is -2.19. The first-order chi connectivity index (χ1) is 7.52. The van der Waals surface area contributed by atoms with E-state index in [9.17, 15) is 0 Å². The maximum Gasteiger partial charge on any atom is 0.0440 e.